The first-order valence-corrected chi connectivity index (χ1v) is 8.64. The Kier molecular flexibility index (Phi) is 4.99. The van der Waals surface area contributed by atoms with Crippen molar-refractivity contribution < 1.29 is 13.3 Å². The van der Waals surface area contributed by atoms with Crippen LogP contribution in [0.2, 0.25) is 0 Å². The molecule has 8 nitrogen and oxygen atoms in total. The third kappa shape index (κ3) is 4.07. The molecule has 0 saturated heterocycles. The van der Waals surface area contributed by atoms with Crippen molar-refractivity contribution in [2.45, 2.75) is 37.5 Å². The summed E-state index contributed by atoms with van der Waals surface area (Å²) in [4.78, 5) is 9.95. The van der Waals surface area contributed by atoms with Crippen LogP contribution in [0.5, 0.6) is 0 Å². The number of anilines is 1. The molecule has 2 rings (SSSR count). The Balaban J connectivity index is 2.16. The molecule has 0 amide bonds. The molecule has 0 aliphatic rings. The van der Waals surface area contributed by atoms with E-state index in [0.717, 1.165) is 30.7 Å². The van der Waals surface area contributed by atoms with Gasteiger partial charge in [-0.05, 0) is 24.5 Å². The first kappa shape index (κ1) is 16.9. The standard InChI is InChI=1S/C14H18N4O4S/c1-3-4-10(2)13-9-14(16-15-13)17-23(21,22)12-7-5-11(6-8-12)18(19)20/h5-10H,3-4H2,1-2H3,(H2,15,16,17). The maximum Gasteiger partial charge on any atom is 0.269 e. The van der Waals surface area contributed by atoms with E-state index in [4.69, 9.17) is 0 Å². The van der Waals surface area contributed by atoms with Crippen molar-refractivity contribution in [2.75, 3.05) is 4.72 Å². The predicted molar refractivity (Wildman–Crippen MR) is 85.8 cm³/mol. The third-order valence-corrected chi connectivity index (χ3v) is 4.82. The van der Waals surface area contributed by atoms with Gasteiger partial charge in [0.15, 0.2) is 5.82 Å². The summed E-state index contributed by atoms with van der Waals surface area (Å²) >= 11 is 0. The van der Waals surface area contributed by atoms with Gasteiger partial charge >= 0.3 is 0 Å². The lowest BCUT2D eigenvalue weighted by atomic mass is 10.0. The molecule has 0 aliphatic carbocycles. The molecule has 23 heavy (non-hydrogen) atoms. The SMILES string of the molecule is CCCC(C)c1cc(NS(=O)(=O)c2ccc([N+](=O)[O-])cc2)n[nH]1. The molecule has 2 N–H and O–H groups in total. The van der Waals surface area contributed by atoms with Gasteiger partial charge in [-0.2, -0.15) is 5.10 Å². The number of sulfonamides is 1. The zero-order valence-electron chi connectivity index (χ0n) is 12.8. The molecule has 1 unspecified atom stereocenters. The predicted octanol–water partition coefficient (Wildman–Crippen LogP) is 3.02. The molecular weight excluding hydrogens is 320 g/mol. The van der Waals surface area contributed by atoms with Gasteiger partial charge in [0.05, 0.1) is 9.82 Å². The number of nitro groups is 1. The second kappa shape index (κ2) is 6.78. The van der Waals surface area contributed by atoms with Crippen LogP contribution in [-0.4, -0.2) is 23.5 Å². The van der Waals surface area contributed by atoms with Crippen LogP contribution in [0.4, 0.5) is 11.5 Å². The van der Waals surface area contributed by atoms with Crippen LogP contribution >= 0.6 is 0 Å². The Bertz CT molecular complexity index is 783. The van der Waals surface area contributed by atoms with E-state index in [0.29, 0.717) is 0 Å². The van der Waals surface area contributed by atoms with Crippen molar-refractivity contribution >= 4 is 21.5 Å². The van der Waals surface area contributed by atoms with Crippen molar-refractivity contribution in [2.24, 2.45) is 0 Å². The molecule has 2 aromatic rings. The largest absolute Gasteiger partial charge is 0.280 e. The molecule has 1 aromatic carbocycles. The molecular formula is C14H18N4O4S. The Hall–Kier alpha value is -2.42. The second-order valence-corrected chi connectivity index (χ2v) is 6.94. The van der Waals surface area contributed by atoms with Crippen molar-refractivity contribution in [1.82, 2.24) is 10.2 Å². The van der Waals surface area contributed by atoms with Crippen LogP contribution < -0.4 is 4.72 Å². The van der Waals surface area contributed by atoms with Gasteiger partial charge in [-0.25, -0.2) is 8.42 Å². The Morgan fingerprint density at radius 3 is 2.57 bits per heavy atom. The highest BCUT2D eigenvalue weighted by Gasteiger charge is 2.18. The maximum absolute atomic E-state index is 12.3. The fourth-order valence-electron chi connectivity index (χ4n) is 2.17. The first-order valence-electron chi connectivity index (χ1n) is 7.16. The van der Waals surface area contributed by atoms with Crippen LogP contribution in [0.15, 0.2) is 35.2 Å². The second-order valence-electron chi connectivity index (χ2n) is 5.25. The van der Waals surface area contributed by atoms with Crippen molar-refractivity contribution in [3.8, 4) is 0 Å². The average molecular weight is 338 g/mol. The number of H-pyrrole nitrogens is 1. The number of rotatable bonds is 7. The smallest absolute Gasteiger partial charge is 0.269 e. The summed E-state index contributed by atoms with van der Waals surface area (Å²) in [6.45, 7) is 4.11. The van der Waals surface area contributed by atoms with E-state index < -0.39 is 14.9 Å². The van der Waals surface area contributed by atoms with E-state index in [1.807, 2.05) is 6.92 Å². The third-order valence-electron chi connectivity index (χ3n) is 3.45. The highest BCUT2D eigenvalue weighted by Crippen LogP contribution is 2.23. The summed E-state index contributed by atoms with van der Waals surface area (Å²) < 4.78 is 26.9. The lowest BCUT2D eigenvalue weighted by molar-refractivity contribution is -0.384. The molecule has 9 heteroatoms. The summed E-state index contributed by atoms with van der Waals surface area (Å²) in [6.07, 6.45) is 1.99. The molecule has 1 atom stereocenters. The molecule has 0 fully saturated rings. The van der Waals surface area contributed by atoms with E-state index in [1.54, 1.807) is 6.07 Å². The number of nitro benzene ring substituents is 1. The molecule has 124 valence electrons. The lowest BCUT2D eigenvalue weighted by Gasteiger charge is -2.06. The van der Waals surface area contributed by atoms with Crippen LogP contribution in [-0.2, 0) is 10.0 Å². The highest BCUT2D eigenvalue weighted by atomic mass is 32.2. The number of aromatic amines is 1. The average Bonchev–Trinajstić information content (AvgIpc) is 2.95. The van der Waals surface area contributed by atoms with Crippen LogP contribution in [0, 0.1) is 10.1 Å². The van der Waals surface area contributed by atoms with Crippen molar-refractivity contribution in [1.29, 1.82) is 0 Å². The van der Waals surface area contributed by atoms with Gasteiger partial charge in [-0.1, -0.05) is 20.3 Å². The number of nitrogens with one attached hydrogen (secondary N) is 2. The van der Waals surface area contributed by atoms with E-state index >= 15 is 0 Å². The van der Waals surface area contributed by atoms with Crippen LogP contribution in [0.3, 0.4) is 0 Å². The molecule has 1 aromatic heterocycles. The summed E-state index contributed by atoms with van der Waals surface area (Å²) in [5, 5.41) is 17.4. The summed E-state index contributed by atoms with van der Waals surface area (Å²) in [6, 6.07) is 6.33. The van der Waals surface area contributed by atoms with Crippen molar-refractivity contribution in [3.63, 3.8) is 0 Å². The molecule has 0 bridgehead atoms. The van der Waals surface area contributed by atoms with Gasteiger partial charge in [0.25, 0.3) is 15.7 Å². The van der Waals surface area contributed by atoms with Gasteiger partial charge in [-0.3, -0.25) is 19.9 Å². The topological polar surface area (TPSA) is 118 Å². The summed E-state index contributed by atoms with van der Waals surface area (Å²) in [5.74, 6) is 0.450. The van der Waals surface area contributed by atoms with Gasteiger partial charge in [0.1, 0.15) is 0 Å². The van der Waals surface area contributed by atoms with E-state index in [2.05, 4.69) is 21.8 Å². The minimum Gasteiger partial charge on any atom is -0.280 e. The normalized spacial score (nSPS) is 12.8. The summed E-state index contributed by atoms with van der Waals surface area (Å²) in [5.41, 5.74) is 0.688. The Morgan fingerprint density at radius 1 is 1.35 bits per heavy atom. The first-order chi connectivity index (χ1) is 10.8. The molecule has 1 heterocycles. The minimum absolute atomic E-state index is 0.0609. The monoisotopic (exact) mass is 338 g/mol. The van der Waals surface area contributed by atoms with Gasteiger partial charge in [0, 0.05) is 23.9 Å². The quantitative estimate of drug-likeness (QED) is 0.594. The fourth-order valence-corrected chi connectivity index (χ4v) is 3.17. The Labute approximate surface area is 134 Å². The van der Waals surface area contributed by atoms with Crippen LogP contribution in [0.1, 0.15) is 38.3 Å². The van der Waals surface area contributed by atoms with Gasteiger partial charge in [-0.15, -0.1) is 0 Å². The van der Waals surface area contributed by atoms with E-state index in [9.17, 15) is 18.5 Å². The minimum atomic E-state index is -3.84. The molecule has 0 radical (unpaired) electrons. The van der Waals surface area contributed by atoms with Crippen molar-refractivity contribution in [3.05, 3.63) is 46.1 Å². The van der Waals surface area contributed by atoms with E-state index in [-0.39, 0.29) is 22.3 Å². The summed E-state index contributed by atoms with van der Waals surface area (Å²) in [7, 11) is -3.84. The number of hydrogen-bond donors (Lipinski definition) is 2. The van der Waals surface area contributed by atoms with Gasteiger partial charge < -0.3 is 0 Å². The Morgan fingerprint density at radius 2 is 2.00 bits per heavy atom. The maximum atomic E-state index is 12.3. The number of nitrogens with zero attached hydrogens (tertiary/aromatic N) is 2. The van der Waals surface area contributed by atoms with E-state index in [1.165, 1.54) is 12.1 Å². The highest BCUT2D eigenvalue weighted by molar-refractivity contribution is 7.92. The fraction of sp³-hybridized carbons (Fsp3) is 0.357. The van der Waals surface area contributed by atoms with Crippen LogP contribution in [0.25, 0.3) is 0 Å². The number of non-ortho nitro benzene ring substituents is 1. The number of aromatic nitrogens is 2. The lowest BCUT2D eigenvalue weighted by Crippen LogP contribution is -2.13. The zero-order valence-corrected chi connectivity index (χ0v) is 13.6. The molecule has 0 aliphatic heterocycles. The van der Waals surface area contributed by atoms with Gasteiger partial charge in [0.2, 0.25) is 0 Å². The number of benzene rings is 1. The number of hydrogen-bond acceptors (Lipinski definition) is 5. The molecule has 0 saturated carbocycles. The zero-order chi connectivity index (χ0) is 17.0. The molecule has 0 spiro atoms.